The molecule has 2 rings (SSSR count). The van der Waals surface area contributed by atoms with Crippen LogP contribution in [0.25, 0.3) is 0 Å². The maximum atomic E-state index is 12.0. The van der Waals surface area contributed by atoms with E-state index in [4.69, 9.17) is 23.2 Å². The van der Waals surface area contributed by atoms with Crippen LogP contribution in [0.5, 0.6) is 0 Å². The van der Waals surface area contributed by atoms with Gasteiger partial charge in [0.2, 0.25) is 0 Å². The van der Waals surface area contributed by atoms with Gasteiger partial charge in [-0.25, -0.2) is 5.43 Å². The molecule has 0 fully saturated rings. The molecule has 6 nitrogen and oxygen atoms in total. The molecule has 0 bridgehead atoms. The van der Waals surface area contributed by atoms with Crippen LogP contribution < -0.4 is 5.43 Å². The van der Waals surface area contributed by atoms with E-state index in [0.717, 1.165) is 0 Å². The Hall–Kier alpha value is -2.44. The van der Waals surface area contributed by atoms with Crippen LogP contribution in [-0.4, -0.2) is 17.0 Å². The molecular weight excluding hydrogens is 341 g/mol. The third-order valence-electron chi connectivity index (χ3n) is 3.00. The minimum atomic E-state index is -0.561. The maximum absolute atomic E-state index is 12.0. The van der Waals surface area contributed by atoms with E-state index in [1.807, 2.05) is 0 Å². The summed E-state index contributed by atoms with van der Waals surface area (Å²) < 4.78 is 0. The highest BCUT2D eigenvalue weighted by molar-refractivity contribution is 6.36. The van der Waals surface area contributed by atoms with Gasteiger partial charge in [0.05, 0.1) is 16.2 Å². The van der Waals surface area contributed by atoms with Crippen molar-refractivity contribution in [3.05, 3.63) is 73.2 Å². The second kappa shape index (κ2) is 7.21. The van der Waals surface area contributed by atoms with E-state index >= 15 is 0 Å². The Bertz CT molecular complexity index is 807. The van der Waals surface area contributed by atoms with Gasteiger partial charge in [-0.1, -0.05) is 35.3 Å². The van der Waals surface area contributed by atoms with Crippen molar-refractivity contribution in [2.45, 2.75) is 6.92 Å². The van der Waals surface area contributed by atoms with E-state index in [0.29, 0.717) is 21.2 Å². The van der Waals surface area contributed by atoms with Crippen molar-refractivity contribution >= 4 is 41.0 Å². The van der Waals surface area contributed by atoms with Gasteiger partial charge in [0.15, 0.2) is 0 Å². The van der Waals surface area contributed by atoms with Crippen molar-refractivity contribution in [2.75, 3.05) is 0 Å². The Morgan fingerprint density at radius 2 is 2.00 bits per heavy atom. The lowest BCUT2D eigenvalue weighted by Crippen LogP contribution is -2.17. The number of rotatable bonds is 4. The van der Waals surface area contributed by atoms with Crippen LogP contribution in [0.2, 0.25) is 10.0 Å². The second-order valence-corrected chi connectivity index (χ2v) is 5.47. The quantitative estimate of drug-likeness (QED) is 0.513. The van der Waals surface area contributed by atoms with Gasteiger partial charge in [0.1, 0.15) is 0 Å². The minimum Gasteiger partial charge on any atom is -0.267 e. The molecule has 0 spiro atoms. The van der Waals surface area contributed by atoms with Gasteiger partial charge in [0.25, 0.3) is 11.6 Å². The predicted octanol–water partition coefficient (Wildman–Crippen LogP) is 3.97. The fourth-order valence-corrected chi connectivity index (χ4v) is 2.24. The van der Waals surface area contributed by atoms with Crippen molar-refractivity contribution in [3.63, 3.8) is 0 Å². The van der Waals surface area contributed by atoms with E-state index in [-0.39, 0.29) is 11.3 Å². The number of hydrogen-bond acceptors (Lipinski definition) is 4. The molecule has 23 heavy (non-hydrogen) atoms. The van der Waals surface area contributed by atoms with Crippen molar-refractivity contribution < 1.29 is 9.72 Å². The summed E-state index contributed by atoms with van der Waals surface area (Å²) in [4.78, 5) is 22.3. The van der Waals surface area contributed by atoms with Crippen LogP contribution in [0.4, 0.5) is 5.69 Å². The standard InChI is InChI=1S/C15H11Cl2N3O3/c1-9-2-3-10(6-14(9)20(22)23)15(21)19-18-8-11-4-5-12(16)7-13(11)17/h2-8H,1H3,(H,19,21)/b18-8-. The molecule has 1 amide bonds. The molecule has 2 aromatic rings. The zero-order valence-electron chi connectivity index (χ0n) is 11.9. The van der Waals surface area contributed by atoms with Gasteiger partial charge in [-0.15, -0.1) is 0 Å². The molecule has 2 aromatic carbocycles. The number of aryl methyl sites for hydroxylation is 1. The predicted molar refractivity (Wildman–Crippen MR) is 89.4 cm³/mol. The molecule has 0 aromatic heterocycles. The first-order chi connectivity index (χ1) is 10.9. The molecule has 0 atom stereocenters. The topological polar surface area (TPSA) is 84.6 Å². The summed E-state index contributed by atoms with van der Waals surface area (Å²) in [6, 6.07) is 9.04. The normalized spacial score (nSPS) is 10.7. The molecule has 0 radical (unpaired) electrons. The van der Waals surface area contributed by atoms with E-state index in [1.165, 1.54) is 24.4 Å². The number of carbonyl (C=O) groups excluding carboxylic acids is 1. The summed E-state index contributed by atoms with van der Waals surface area (Å²) in [7, 11) is 0. The minimum absolute atomic E-state index is 0.123. The van der Waals surface area contributed by atoms with Crippen LogP contribution in [0.3, 0.4) is 0 Å². The molecule has 0 unspecified atom stereocenters. The lowest BCUT2D eigenvalue weighted by molar-refractivity contribution is -0.385. The van der Waals surface area contributed by atoms with Gasteiger partial charge in [-0.05, 0) is 25.1 Å². The Morgan fingerprint density at radius 1 is 1.26 bits per heavy atom. The van der Waals surface area contributed by atoms with Crippen LogP contribution in [0, 0.1) is 17.0 Å². The number of nitro benzene ring substituents is 1. The van der Waals surface area contributed by atoms with Crippen LogP contribution in [-0.2, 0) is 0 Å². The van der Waals surface area contributed by atoms with E-state index in [2.05, 4.69) is 10.5 Å². The highest BCUT2D eigenvalue weighted by Gasteiger charge is 2.14. The third-order valence-corrected chi connectivity index (χ3v) is 3.56. The molecule has 118 valence electrons. The molecule has 0 aliphatic carbocycles. The Kier molecular flexibility index (Phi) is 5.31. The van der Waals surface area contributed by atoms with Gasteiger partial charge < -0.3 is 0 Å². The average molecular weight is 352 g/mol. The third kappa shape index (κ3) is 4.28. The lowest BCUT2D eigenvalue weighted by atomic mass is 10.1. The maximum Gasteiger partial charge on any atom is 0.273 e. The van der Waals surface area contributed by atoms with Gasteiger partial charge >= 0.3 is 0 Å². The van der Waals surface area contributed by atoms with E-state index < -0.39 is 10.8 Å². The molecule has 0 heterocycles. The first-order valence-corrected chi connectivity index (χ1v) is 7.17. The molecule has 0 saturated heterocycles. The number of nitrogens with zero attached hydrogens (tertiary/aromatic N) is 2. The number of amides is 1. The summed E-state index contributed by atoms with van der Waals surface area (Å²) in [5, 5.41) is 15.5. The van der Waals surface area contributed by atoms with Crippen molar-refractivity contribution in [2.24, 2.45) is 5.10 Å². The Balaban J connectivity index is 2.12. The van der Waals surface area contributed by atoms with Crippen LogP contribution >= 0.6 is 23.2 Å². The van der Waals surface area contributed by atoms with Gasteiger partial charge in [-0.2, -0.15) is 5.10 Å². The van der Waals surface area contributed by atoms with Crippen molar-refractivity contribution in [1.29, 1.82) is 0 Å². The van der Waals surface area contributed by atoms with E-state index in [1.54, 1.807) is 25.1 Å². The molecule has 8 heteroatoms. The number of hydrazone groups is 1. The van der Waals surface area contributed by atoms with Gasteiger partial charge in [0, 0.05) is 27.8 Å². The summed E-state index contributed by atoms with van der Waals surface area (Å²) in [5.41, 5.74) is 3.36. The Labute approximate surface area is 141 Å². The number of nitro groups is 1. The number of nitrogens with one attached hydrogen (secondary N) is 1. The summed E-state index contributed by atoms with van der Waals surface area (Å²) in [5.74, 6) is -0.561. The first kappa shape index (κ1) is 16.9. The summed E-state index contributed by atoms with van der Waals surface area (Å²) in [6.07, 6.45) is 1.36. The fraction of sp³-hybridized carbons (Fsp3) is 0.0667. The second-order valence-electron chi connectivity index (χ2n) is 4.62. The fourth-order valence-electron chi connectivity index (χ4n) is 1.78. The largest absolute Gasteiger partial charge is 0.273 e. The SMILES string of the molecule is Cc1ccc(C(=O)N/N=C\c2ccc(Cl)cc2Cl)cc1[N+](=O)[O-]. The molecule has 1 N–H and O–H groups in total. The van der Waals surface area contributed by atoms with E-state index in [9.17, 15) is 14.9 Å². The zero-order chi connectivity index (χ0) is 17.0. The average Bonchev–Trinajstić information content (AvgIpc) is 2.49. The lowest BCUT2D eigenvalue weighted by Gasteiger charge is -2.02. The number of hydrogen-bond donors (Lipinski definition) is 1. The number of carbonyl (C=O) groups is 1. The zero-order valence-corrected chi connectivity index (χ0v) is 13.4. The van der Waals surface area contributed by atoms with Crippen LogP contribution in [0.1, 0.15) is 21.5 Å². The molecule has 0 aliphatic heterocycles. The number of halogens is 2. The molecular formula is C15H11Cl2N3O3. The molecule has 0 aliphatic rings. The highest BCUT2D eigenvalue weighted by atomic mass is 35.5. The smallest absolute Gasteiger partial charge is 0.267 e. The van der Waals surface area contributed by atoms with Gasteiger partial charge in [-0.3, -0.25) is 14.9 Å². The number of benzene rings is 2. The monoisotopic (exact) mass is 351 g/mol. The summed E-state index contributed by atoms with van der Waals surface area (Å²) >= 11 is 11.8. The molecule has 0 saturated carbocycles. The van der Waals surface area contributed by atoms with Crippen molar-refractivity contribution in [3.8, 4) is 0 Å². The Morgan fingerprint density at radius 3 is 2.65 bits per heavy atom. The van der Waals surface area contributed by atoms with Crippen molar-refractivity contribution in [1.82, 2.24) is 5.43 Å². The first-order valence-electron chi connectivity index (χ1n) is 6.42. The highest BCUT2D eigenvalue weighted by Crippen LogP contribution is 2.20. The van der Waals surface area contributed by atoms with Crippen LogP contribution in [0.15, 0.2) is 41.5 Å². The summed E-state index contributed by atoms with van der Waals surface area (Å²) in [6.45, 7) is 1.60.